The second-order valence-electron chi connectivity index (χ2n) is 4.65. The maximum Gasteiger partial charge on any atom is 0.175 e. The highest BCUT2D eigenvalue weighted by Gasteiger charge is 2.05. The van der Waals surface area contributed by atoms with Gasteiger partial charge in [0.1, 0.15) is 0 Å². The van der Waals surface area contributed by atoms with Gasteiger partial charge in [-0.3, -0.25) is 0 Å². The molecule has 0 aliphatic rings. The normalized spacial score (nSPS) is 11.5. The summed E-state index contributed by atoms with van der Waals surface area (Å²) in [6.45, 7) is 1.39. The summed E-state index contributed by atoms with van der Waals surface area (Å²) in [6.07, 6.45) is 1.21. The van der Waals surface area contributed by atoms with Crippen LogP contribution in [-0.4, -0.2) is 14.7 Å². The molecule has 0 unspecified atom stereocenters. The van der Waals surface area contributed by atoms with Crippen molar-refractivity contribution in [3.05, 3.63) is 64.7 Å². The van der Waals surface area contributed by atoms with Crippen molar-refractivity contribution < 1.29 is 8.42 Å². The number of halogens is 1. The lowest BCUT2D eigenvalue weighted by molar-refractivity contribution is 0.602. The van der Waals surface area contributed by atoms with Crippen LogP contribution >= 0.6 is 11.6 Å². The van der Waals surface area contributed by atoms with Crippen LogP contribution in [0.15, 0.2) is 53.4 Å². The van der Waals surface area contributed by atoms with Crippen LogP contribution in [0.2, 0.25) is 5.02 Å². The van der Waals surface area contributed by atoms with Gasteiger partial charge in [0.25, 0.3) is 0 Å². The second-order valence-corrected chi connectivity index (χ2v) is 7.10. The Bertz CT molecular complexity index is 681. The van der Waals surface area contributed by atoms with Crippen LogP contribution in [0.25, 0.3) is 0 Å². The first-order valence-electron chi connectivity index (χ1n) is 6.19. The average molecular weight is 310 g/mol. The van der Waals surface area contributed by atoms with E-state index in [9.17, 15) is 8.42 Å². The molecule has 3 nitrogen and oxygen atoms in total. The van der Waals surface area contributed by atoms with Crippen molar-refractivity contribution in [2.24, 2.45) is 0 Å². The molecule has 0 aliphatic heterocycles. The molecule has 5 heteroatoms. The lowest BCUT2D eigenvalue weighted by Crippen LogP contribution is -2.12. The summed E-state index contributed by atoms with van der Waals surface area (Å²) in [5.74, 6) is 0. The molecule has 0 amide bonds. The first kappa shape index (κ1) is 15.0. The van der Waals surface area contributed by atoms with Crippen LogP contribution < -0.4 is 5.32 Å². The molecule has 0 spiro atoms. The van der Waals surface area contributed by atoms with Gasteiger partial charge < -0.3 is 5.32 Å². The third kappa shape index (κ3) is 4.34. The summed E-state index contributed by atoms with van der Waals surface area (Å²) in [5, 5.41) is 4.02. The van der Waals surface area contributed by atoms with E-state index in [-0.39, 0.29) is 0 Å². The van der Waals surface area contributed by atoms with E-state index < -0.39 is 9.84 Å². The highest BCUT2D eigenvalue weighted by Crippen LogP contribution is 2.12. The zero-order valence-corrected chi connectivity index (χ0v) is 12.7. The largest absolute Gasteiger partial charge is 0.309 e. The Morgan fingerprint density at radius 2 is 1.65 bits per heavy atom. The molecule has 1 N–H and O–H groups in total. The first-order valence-corrected chi connectivity index (χ1v) is 8.46. The predicted octanol–water partition coefficient (Wildman–Crippen LogP) is 3.03. The lowest BCUT2D eigenvalue weighted by atomic mass is 10.2. The Morgan fingerprint density at radius 1 is 1.00 bits per heavy atom. The van der Waals surface area contributed by atoms with Crippen molar-refractivity contribution in [1.29, 1.82) is 0 Å². The number of benzene rings is 2. The molecule has 0 aliphatic carbocycles. The molecular weight excluding hydrogens is 294 g/mol. The zero-order chi connectivity index (χ0) is 14.6. The van der Waals surface area contributed by atoms with Crippen molar-refractivity contribution >= 4 is 21.4 Å². The molecule has 0 heterocycles. The lowest BCUT2D eigenvalue weighted by Gasteiger charge is -2.06. The third-order valence-corrected chi connectivity index (χ3v) is 4.26. The molecule has 0 radical (unpaired) electrons. The van der Waals surface area contributed by atoms with Gasteiger partial charge in [-0.25, -0.2) is 8.42 Å². The summed E-state index contributed by atoms with van der Waals surface area (Å²) >= 11 is 5.92. The number of rotatable bonds is 5. The predicted molar refractivity (Wildman–Crippen MR) is 81.5 cm³/mol. The van der Waals surface area contributed by atoms with Gasteiger partial charge in [0.15, 0.2) is 9.84 Å². The molecule has 20 heavy (non-hydrogen) atoms. The molecule has 0 aromatic heterocycles. The summed E-state index contributed by atoms with van der Waals surface area (Å²) in [4.78, 5) is 0.344. The molecule has 2 rings (SSSR count). The van der Waals surface area contributed by atoms with E-state index in [1.54, 1.807) is 12.1 Å². The fourth-order valence-electron chi connectivity index (χ4n) is 1.85. The van der Waals surface area contributed by atoms with Crippen molar-refractivity contribution in [2.45, 2.75) is 18.0 Å². The van der Waals surface area contributed by atoms with Crippen LogP contribution in [0, 0.1) is 0 Å². The summed E-state index contributed by atoms with van der Waals surface area (Å²) in [5.41, 5.74) is 2.16. The molecular formula is C15H16ClNO2S. The maximum atomic E-state index is 11.3. The average Bonchev–Trinajstić information content (AvgIpc) is 2.38. The van der Waals surface area contributed by atoms with Crippen LogP contribution in [0.1, 0.15) is 11.1 Å². The zero-order valence-electron chi connectivity index (χ0n) is 11.1. The van der Waals surface area contributed by atoms with Crippen molar-refractivity contribution in [3.8, 4) is 0 Å². The Morgan fingerprint density at radius 3 is 2.25 bits per heavy atom. The number of nitrogens with one attached hydrogen (secondary N) is 1. The monoisotopic (exact) mass is 309 g/mol. The van der Waals surface area contributed by atoms with E-state index in [0.29, 0.717) is 18.0 Å². The summed E-state index contributed by atoms with van der Waals surface area (Å²) in [7, 11) is -3.12. The van der Waals surface area contributed by atoms with Crippen LogP contribution in [0.4, 0.5) is 0 Å². The van der Waals surface area contributed by atoms with Gasteiger partial charge in [-0.2, -0.15) is 0 Å². The van der Waals surface area contributed by atoms with Gasteiger partial charge in [0, 0.05) is 24.4 Å². The van der Waals surface area contributed by atoms with Crippen molar-refractivity contribution in [2.75, 3.05) is 6.26 Å². The minimum Gasteiger partial charge on any atom is -0.309 e. The van der Waals surface area contributed by atoms with E-state index in [4.69, 9.17) is 11.6 Å². The highest BCUT2D eigenvalue weighted by molar-refractivity contribution is 7.90. The topological polar surface area (TPSA) is 46.2 Å². The Balaban J connectivity index is 1.92. The van der Waals surface area contributed by atoms with Gasteiger partial charge in [-0.15, -0.1) is 0 Å². The van der Waals surface area contributed by atoms with Gasteiger partial charge in [-0.05, 0) is 35.4 Å². The van der Waals surface area contributed by atoms with Gasteiger partial charge in [0.2, 0.25) is 0 Å². The molecule has 0 atom stereocenters. The van der Waals surface area contributed by atoms with Gasteiger partial charge in [0.05, 0.1) is 4.90 Å². The van der Waals surface area contributed by atoms with E-state index in [0.717, 1.165) is 16.1 Å². The van der Waals surface area contributed by atoms with Crippen LogP contribution in [0.3, 0.4) is 0 Å². The number of sulfone groups is 1. The van der Waals surface area contributed by atoms with Gasteiger partial charge >= 0.3 is 0 Å². The minimum atomic E-state index is -3.12. The maximum absolute atomic E-state index is 11.3. The molecule has 0 fully saturated rings. The molecule has 106 valence electrons. The van der Waals surface area contributed by atoms with E-state index in [1.165, 1.54) is 6.26 Å². The van der Waals surface area contributed by atoms with E-state index in [1.807, 2.05) is 36.4 Å². The van der Waals surface area contributed by atoms with Crippen LogP contribution in [-0.2, 0) is 22.9 Å². The van der Waals surface area contributed by atoms with E-state index in [2.05, 4.69) is 5.32 Å². The Kier molecular flexibility index (Phi) is 4.81. The number of hydrogen-bond donors (Lipinski definition) is 1. The third-order valence-electron chi connectivity index (χ3n) is 2.90. The van der Waals surface area contributed by atoms with E-state index >= 15 is 0 Å². The summed E-state index contributed by atoms with van der Waals surface area (Å²) in [6, 6.07) is 14.6. The molecule has 2 aromatic carbocycles. The number of hydrogen-bond acceptors (Lipinski definition) is 3. The highest BCUT2D eigenvalue weighted by atomic mass is 35.5. The molecule has 0 saturated carbocycles. The molecule has 0 bridgehead atoms. The smallest absolute Gasteiger partial charge is 0.175 e. The molecule has 2 aromatic rings. The van der Waals surface area contributed by atoms with Crippen molar-refractivity contribution in [3.63, 3.8) is 0 Å². The Labute approximate surface area is 124 Å². The first-order chi connectivity index (χ1) is 9.45. The Hall–Kier alpha value is -1.36. The SMILES string of the molecule is CS(=O)(=O)c1ccc(CNCc2cccc(Cl)c2)cc1. The minimum absolute atomic E-state index is 0.344. The fraction of sp³-hybridized carbons (Fsp3) is 0.200. The summed E-state index contributed by atoms with van der Waals surface area (Å²) < 4.78 is 22.7. The molecule has 0 saturated heterocycles. The second kappa shape index (κ2) is 6.39. The standard InChI is InChI=1S/C15H16ClNO2S/c1-20(18,19)15-7-5-12(6-8-15)10-17-11-13-3-2-4-14(16)9-13/h2-9,17H,10-11H2,1H3. The van der Waals surface area contributed by atoms with Crippen molar-refractivity contribution in [1.82, 2.24) is 5.32 Å². The van der Waals surface area contributed by atoms with Crippen LogP contribution in [0.5, 0.6) is 0 Å². The van der Waals surface area contributed by atoms with Gasteiger partial charge in [-0.1, -0.05) is 35.9 Å². The fourth-order valence-corrected chi connectivity index (χ4v) is 2.70. The quantitative estimate of drug-likeness (QED) is 0.923.